The second-order valence-electron chi connectivity index (χ2n) is 8.00. The van der Waals surface area contributed by atoms with Crippen molar-refractivity contribution in [1.29, 1.82) is 0 Å². The lowest BCUT2D eigenvalue weighted by Gasteiger charge is -2.33. The van der Waals surface area contributed by atoms with Crippen molar-refractivity contribution in [2.75, 3.05) is 18.4 Å². The maximum Gasteiger partial charge on any atom is 0.228 e. The van der Waals surface area contributed by atoms with Gasteiger partial charge in [-0.15, -0.1) is 0 Å². The Hall–Kier alpha value is -1.91. The molecule has 2 amide bonds. The Kier molecular flexibility index (Phi) is 4.73. The zero-order valence-corrected chi connectivity index (χ0v) is 14.7. The molecule has 0 spiro atoms. The highest BCUT2D eigenvalue weighted by Gasteiger charge is 2.41. The first-order valence-corrected chi connectivity index (χ1v) is 9.68. The van der Waals surface area contributed by atoms with Gasteiger partial charge in [0.2, 0.25) is 11.8 Å². The lowest BCUT2D eigenvalue weighted by atomic mass is 9.85. The van der Waals surface area contributed by atoms with Gasteiger partial charge >= 0.3 is 0 Å². The second kappa shape index (κ2) is 7.14. The summed E-state index contributed by atoms with van der Waals surface area (Å²) in [5.41, 5.74) is 0. The number of hydrogen-bond acceptors (Lipinski definition) is 3. The molecule has 0 aromatic carbocycles. The number of nitrogens with one attached hydrogen (secondary N) is 1. The summed E-state index contributed by atoms with van der Waals surface area (Å²) >= 11 is 0. The smallest absolute Gasteiger partial charge is 0.228 e. The second-order valence-corrected chi connectivity index (χ2v) is 8.00. The summed E-state index contributed by atoms with van der Waals surface area (Å²) in [6.45, 7) is 1.42. The van der Waals surface area contributed by atoms with Gasteiger partial charge in [0.1, 0.15) is 5.82 Å². The number of pyridine rings is 1. The average Bonchev–Trinajstić information content (AvgIpc) is 3.25. The Morgan fingerprint density at radius 2 is 1.96 bits per heavy atom. The molecular weight excluding hydrogens is 314 g/mol. The van der Waals surface area contributed by atoms with Gasteiger partial charge in [0.25, 0.3) is 0 Å². The van der Waals surface area contributed by atoms with Crippen LogP contribution in [0.25, 0.3) is 0 Å². The fourth-order valence-corrected chi connectivity index (χ4v) is 5.04. The molecule has 5 nitrogen and oxygen atoms in total. The van der Waals surface area contributed by atoms with E-state index in [2.05, 4.69) is 10.3 Å². The van der Waals surface area contributed by atoms with E-state index in [-0.39, 0.29) is 11.8 Å². The van der Waals surface area contributed by atoms with E-state index >= 15 is 0 Å². The molecule has 0 radical (unpaired) electrons. The third-order valence-electron chi connectivity index (χ3n) is 6.46. The normalized spacial score (nSPS) is 29.0. The Morgan fingerprint density at radius 1 is 1.12 bits per heavy atom. The van der Waals surface area contributed by atoms with Crippen LogP contribution in [0.4, 0.5) is 5.82 Å². The highest BCUT2D eigenvalue weighted by molar-refractivity contribution is 5.91. The first-order valence-electron chi connectivity index (χ1n) is 9.68. The molecule has 134 valence electrons. The fraction of sp³-hybridized carbons (Fsp3) is 0.650. The minimum atomic E-state index is -0.0199. The minimum Gasteiger partial charge on any atom is -0.343 e. The first kappa shape index (κ1) is 16.6. The van der Waals surface area contributed by atoms with Crippen molar-refractivity contribution in [3.63, 3.8) is 0 Å². The zero-order chi connectivity index (χ0) is 17.2. The van der Waals surface area contributed by atoms with Crippen LogP contribution in [-0.4, -0.2) is 34.8 Å². The van der Waals surface area contributed by atoms with Gasteiger partial charge in [0, 0.05) is 31.6 Å². The molecule has 5 heteroatoms. The fourth-order valence-electron chi connectivity index (χ4n) is 5.04. The molecule has 2 aliphatic carbocycles. The number of carbonyl (C=O) groups excluding carboxylic acids is 2. The van der Waals surface area contributed by atoms with Crippen LogP contribution in [0.3, 0.4) is 0 Å². The minimum absolute atomic E-state index is 0.0199. The molecule has 1 saturated heterocycles. The van der Waals surface area contributed by atoms with Crippen LogP contribution in [0.2, 0.25) is 0 Å². The molecule has 3 aliphatic rings. The molecule has 2 heterocycles. The molecule has 1 aromatic heterocycles. The van der Waals surface area contributed by atoms with Gasteiger partial charge in [-0.2, -0.15) is 0 Å². The Labute approximate surface area is 149 Å². The summed E-state index contributed by atoms with van der Waals surface area (Å²) < 4.78 is 0. The van der Waals surface area contributed by atoms with Gasteiger partial charge in [0.15, 0.2) is 0 Å². The van der Waals surface area contributed by atoms with Crippen molar-refractivity contribution in [3.05, 3.63) is 24.4 Å². The van der Waals surface area contributed by atoms with Gasteiger partial charge in [-0.25, -0.2) is 4.98 Å². The van der Waals surface area contributed by atoms with Crippen LogP contribution in [0.1, 0.15) is 44.9 Å². The Morgan fingerprint density at radius 3 is 2.60 bits per heavy atom. The molecular formula is C20H27N3O2. The number of hydrogen-bond donors (Lipinski definition) is 1. The predicted octanol–water partition coefficient (Wildman–Crippen LogP) is 3.09. The molecule has 3 atom stereocenters. The summed E-state index contributed by atoms with van der Waals surface area (Å²) in [5, 5.41) is 2.88. The predicted molar refractivity (Wildman–Crippen MR) is 95.7 cm³/mol. The molecule has 2 bridgehead atoms. The zero-order valence-electron chi connectivity index (χ0n) is 14.7. The van der Waals surface area contributed by atoms with Gasteiger partial charge < -0.3 is 10.2 Å². The van der Waals surface area contributed by atoms with E-state index in [0.29, 0.717) is 30.7 Å². The van der Waals surface area contributed by atoms with E-state index in [0.717, 1.165) is 31.1 Å². The van der Waals surface area contributed by atoms with Crippen LogP contribution >= 0.6 is 0 Å². The maximum atomic E-state index is 12.6. The summed E-state index contributed by atoms with van der Waals surface area (Å²) in [6.07, 6.45) is 9.23. The van der Waals surface area contributed by atoms with Crippen LogP contribution in [0.5, 0.6) is 0 Å². The number of amides is 2. The first-order chi connectivity index (χ1) is 12.2. The van der Waals surface area contributed by atoms with Crippen LogP contribution < -0.4 is 5.32 Å². The molecule has 1 N–H and O–H groups in total. The van der Waals surface area contributed by atoms with E-state index in [1.165, 1.54) is 25.7 Å². The number of aromatic nitrogens is 1. The SMILES string of the molecule is O=C(Nc1ccccn1)C1CCN(C(=O)CC2CC3CCC2C3)CC1. The van der Waals surface area contributed by atoms with E-state index in [9.17, 15) is 9.59 Å². The molecule has 2 saturated carbocycles. The monoisotopic (exact) mass is 341 g/mol. The largest absolute Gasteiger partial charge is 0.343 e. The van der Waals surface area contributed by atoms with E-state index < -0.39 is 0 Å². The summed E-state index contributed by atoms with van der Waals surface area (Å²) in [6, 6.07) is 5.49. The molecule has 1 aliphatic heterocycles. The van der Waals surface area contributed by atoms with Crippen molar-refractivity contribution >= 4 is 17.6 Å². The van der Waals surface area contributed by atoms with Crippen molar-refractivity contribution in [2.24, 2.45) is 23.7 Å². The topological polar surface area (TPSA) is 62.3 Å². The third kappa shape index (κ3) is 3.70. The van der Waals surface area contributed by atoms with E-state index in [1.807, 2.05) is 17.0 Å². The number of likely N-dealkylation sites (tertiary alicyclic amines) is 1. The standard InChI is InChI=1S/C20H27N3O2/c24-19(13-17-12-14-4-5-16(17)11-14)23-9-6-15(7-10-23)20(25)22-18-3-1-2-8-21-18/h1-3,8,14-17H,4-7,9-13H2,(H,21,22,25). The van der Waals surface area contributed by atoms with Gasteiger partial charge in [0.05, 0.1) is 0 Å². The maximum absolute atomic E-state index is 12.6. The summed E-state index contributed by atoms with van der Waals surface area (Å²) in [7, 11) is 0. The number of piperidine rings is 1. The van der Waals surface area contributed by atoms with E-state index in [1.54, 1.807) is 12.3 Å². The third-order valence-corrected chi connectivity index (χ3v) is 6.46. The van der Waals surface area contributed by atoms with Crippen LogP contribution in [-0.2, 0) is 9.59 Å². The lowest BCUT2D eigenvalue weighted by Crippen LogP contribution is -2.42. The van der Waals surface area contributed by atoms with Gasteiger partial charge in [-0.1, -0.05) is 12.5 Å². The number of carbonyl (C=O) groups is 2. The van der Waals surface area contributed by atoms with Crippen molar-refractivity contribution in [1.82, 2.24) is 9.88 Å². The highest BCUT2D eigenvalue weighted by atomic mass is 16.2. The molecule has 1 aromatic rings. The molecule has 3 unspecified atom stereocenters. The lowest BCUT2D eigenvalue weighted by molar-refractivity contribution is -0.135. The molecule has 3 fully saturated rings. The Balaban J connectivity index is 1.24. The quantitative estimate of drug-likeness (QED) is 0.915. The van der Waals surface area contributed by atoms with E-state index in [4.69, 9.17) is 0 Å². The molecule has 4 rings (SSSR count). The number of anilines is 1. The Bertz CT molecular complexity index is 625. The van der Waals surface area contributed by atoms with Gasteiger partial charge in [-0.3, -0.25) is 9.59 Å². The number of nitrogens with zero attached hydrogens (tertiary/aromatic N) is 2. The average molecular weight is 341 g/mol. The highest BCUT2D eigenvalue weighted by Crippen LogP contribution is 2.49. The van der Waals surface area contributed by atoms with Crippen molar-refractivity contribution < 1.29 is 9.59 Å². The van der Waals surface area contributed by atoms with Crippen LogP contribution in [0.15, 0.2) is 24.4 Å². The molecule has 25 heavy (non-hydrogen) atoms. The van der Waals surface area contributed by atoms with Crippen molar-refractivity contribution in [2.45, 2.75) is 44.9 Å². The van der Waals surface area contributed by atoms with Gasteiger partial charge in [-0.05, 0) is 62.0 Å². The number of rotatable bonds is 4. The van der Waals surface area contributed by atoms with Crippen LogP contribution in [0, 0.1) is 23.7 Å². The van der Waals surface area contributed by atoms with Crippen molar-refractivity contribution in [3.8, 4) is 0 Å². The summed E-state index contributed by atoms with van der Waals surface area (Å²) in [5.74, 6) is 3.23. The summed E-state index contributed by atoms with van der Waals surface area (Å²) in [4.78, 5) is 31.1. The number of fused-ring (bicyclic) bond motifs is 2.